The molecule has 36 heavy (non-hydrogen) atoms. The molecule has 1 aliphatic rings. The number of phosphoric ester groups is 1. The van der Waals surface area contributed by atoms with Crippen molar-refractivity contribution in [2.45, 2.75) is 24.5 Å². The number of aromatic amines is 1. The van der Waals surface area contributed by atoms with E-state index in [1.165, 1.54) is 0 Å². The maximum atomic E-state index is 12.2. The highest BCUT2D eigenvalue weighted by atomic mass is 31.3. The van der Waals surface area contributed by atoms with Gasteiger partial charge < -0.3 is 39.3 Å². The van der Waals surface area contributed by atoms with Crippen LogP contribution in [0.5, 0.6) is 5.75 Å². The standard InChI is InChI=1S/C12H19N2O19P3/c1-27-31-7(15)4-28-5-2-14(12(19)13-10(5)18)11-9(17)8(16)6(30-11)3-29-35(23,24)33-36(25,26)32-34(20,21)22/h2,6,8-9,11,16-17H,3-4H2,1H3,(H,23,24)(H,25,26)(H,13,18,19)(H2,20,21,22)/t6-,8?,9+,11-/m1/s1. The zero-order valence-corrected chi connectivity index (χ0v) is 20.3. The third-order valence-corrected chi connectivity index (χ3v) is 7.69. The van der Waals surface area contributed by atoms with Gasteiger partial charge in [0.05, 0.1) is 19.9 Å². The van der Waals surface area contributed by atoms with Gasteiger partial charge in [-0.15, -0.1) is 0 Å². The maximum Gasteiger partial charge on any atom is 0.490 e. The van der Waals surface area contributed by atoms with Crippen molar-refractivity contribution in [1.82, 2.24) is 9.55 Å². The van der Waals surface area contributed by atoms with Crippen LogP contribution in [0.1, 0.15) is 6.23 Å². The van der Waals surface area contributed by atoms with Crippen LogP contribution in [0.15, 0.2) is 15.8 Å². The van der Waals surface area contributed by atoms with Gasteiger partial charge in [0.1, 0.15) is 18.3 Å². The second-order valence-corrected chi connectivity index (χ2v) is 10.9. The number of ether oxygens (including phenoxy) is 2. The zero-order chi connectivity index (χ0) is 27.5. The van der Waals surface area contributed by atoms with Gasteiger partial charge in [-0.2, -0.15) is 13.5 Å². The lowest BCUT2D eigenvalue weighted by molar-refractivity contribution is -0.256. The summed E-state index contributed by atoms with van der Waals surface area (Å²) >= 11 is 0. The highest BCUT2D eigenvalue weighted by molar-refractivity contribution is 7.66. The zero-order valence-electron chi connectivity index (χ0n) is 17.6. The van der Waals surface area contributed by atoms with Crippen molar-refractivity contribution in [2.75, 3.05) is 20.3 Å². The van der Waals surface area contributed by atoms with E-state index in [0.717, 1.165) is 7.11 Å². The second-order valence-electron chi connectivity index (χ2n) is 6.50. The number of phosphoric acid groups is 3. The SMILES string of the molecule is COOC(=O)COc1cn([C@@H]2O[C@H](COP(=O)(O)OP(=O)(O)OP(=O)(O)O)C(O)[C@@H]2O)c(=O)[nH]c1=O. The molecule has 206 valence electrons. The summed E-state index contributed by atoms with van der Waals surface area (Å²) in [5.74, 6) is -1.70. The van der Waals surface area contributed by atoms with Crippen molar-refractivity contribution in [3.8, 4) is 5.75 Å². The molecule has 1 aromatic rings. The van der Waals surface area contributed by atoms with Crippen LogP contribution < -0.4 is 16.0 Å². The number of hydrogen-bond donors (Lipinski definition) is 7. The van der Waals surface area contributed by atoms with Gasteiger partial charge in [-0.3, -0.25) is 23.8 Å². The first kappa shape index (κ1) is 30.4. The largest absolute Gasteiger partial charge is 0.490 e. The number of carbonyl (C=O) groups is 1. The van der Waals surface area contributed by atoms with Crippen molar-refractivity contribution in [3.05, 3.63) is 27.0 Å². The van der Waals surface area contributed by atoms with E-state index >= 15 is 0 Å². The van der Waals surface area contributed by atoms with Crippen molar-refractivity contribution in [2.24, 2.45) is 0 Å². The van der Waals surface area contributed by atoms with E-state index in [0.29, 0.717) is 10.8 Å². The topological polar surface area (TPSA) is 309 Å². The molecular weight excluding hydrogens is 569 g/mol. The summed E-state index contributed by atoms with van der Waals surface area (Å²) in [4.78, 5) is 80.9. The molecule has 0 bridgehead atoms. The van der Waals surface area contributed by atoms with Crippen LogP contribution in [0.2, 0.25) is 0 Å². The number of nitrogens with one attached hydrogen (secondary N) is 1. The Balaban J connectivity index is 2.13. The first-order chi connectivity index (χ1) is 16.4. The Bertz CT molecular complexity index is 1200. The van der Waals surface area contributed by atoms with Crippen LogP contribution in [-0.4, -0.2) is 83.9 Å². The molecule has 0 amide bonds. The van der Waals surface area contributed by atoms with Gasteiger partial charge >= 0.3 is 35.1 Å². The minimum absolute atomic E-state index is 0.525. The molecule has 0 saturated carbocycles. The molecule has 1 aliphatic heterocycles. The average Bonchev–Trinajstić information content (AvgIpc) is 2.97. The lowest BCUT2D eigenvalue weighted by atomic mass is 10.1. The molecule has 0 spiro atoms. The molecule has 7 N–H and O–H groups in total. The fraction of sp³-hybridized carbons (Fsp3) is 0.583. The van der Waals surface area contributed by atoms with E-state index in [-0.39, 0.29) is 0 Å². The van der Waals surface area contributed by atoms with E-state index in [1.54, 1.807) is 4.98 Å². The van der Waals surface area contributed by atoms with Crippen LogP contribution in [0, 0.1) is 0 Å². The first-order valence-corrected chi connectivity index (χ1v) is 13.5. The summed E-state index contributed by atoms with van der Waals surface area (Å²) in [5, 5.41) is 20.4. The minimum atomic E-state index is -5.81. The highest BCUT2D eigenvalue weighted by Gasteiger charge is 2.47. The number of rotatable bonds is 12. The number of aromatic nitrogens is 2. The van der Waals surface area contributed by atoms with Gasteiger partial charge in [0, 0.05) is 0 Å². The van der Waals surface area contributed by atoms with Crippen LogP contribution >= 0.6 is 23.5 Å². The molecule has 1 aromatic heterocycles. The summed E-state index contributed by atoms with van der Waals surface area (Å²) < 4.78 is 55.7. The Morgan fingerprint density at radius 3 is 2.31 bits per heavy atom. The smallest absolute Gasteiger partial charge is 0.475 e. The molecule has 6 atom stereocenters. The van der Waals surface area contributed by atoms with Gasteiger partial charge in [-0.05, 0) is 0 Å². The third-order valence-electron chi connectivity index (χ3n) is 3.89. The molecule has 2 heterocycles. The van der Waals surface area contributed by atoms with Crippen LogP contribution in [0.25, 0.3) is 0 Å². The summed E-state index contributed by atoms with van der Waals surface area (Å²) in [5.41, 5.74) is -2.28. The Morgan fingerprint density at radius 2 is 1.72 bits per heavy atom. The van der Waals surface area contributed by atoms with Gasteiger partial charge in [0.15, 0.2) is 12.8 Å². The molecule has 1 saturated heterocycles. The summed E-state index contributed by atoms with van der Waals surface area (Å²) in [7, 11) is -16.0. The molecule has 2 rings (SSSR count). The van der Waals surface area contributed by atoms with Crippen molar-refractivity contribution >= 4 is 29.4 Å². The Morgan fingerprint density at radius 1 is 1.08 bits per heavy atom. The van der Waals surface area contributed by atoms with Crippen LogP contribution in [0.4, 0.5) is 0 Å². The van der Waals surface area contributed by atoms with Crippen LogP contribution in [-0.2, 0) is 46.1 Å². The Kier molecular flexibility index (Phi) is 9.90. The minimum Gasteiger partial charge on any atom is -0.475 e. The van der Waals surface area contributed by atoms with Crippen LogP contribution in [0.3, 0.4) is 0 Å². The summed E-state index contributed by atoms with van der Waals surface area (Å²) in [6.07, 6.45) is -6.65. The fourth-order valence-corrected chi connectivity index (χ4v) is 5.61. The average molecular weight is 588 g/mol. The monoisotopic (exact) mass is 588 g/mol. The summed E-state index contributed by atoms with van der Waals surface area (Å²) in [6.45, 7) is -1.99. The van der Waals surface area contributed by atoms with E-state index in [4.69, 9.17) is 24.2 Å². The lowest BCUT2D eigenvalue weighted by Gasteiger charge is -2.19. The van der Waals surface area contributed by atoms with Gasteiger partial charge in [-0.1, -0.05) is 0 Å². The molecule has 0 radical (unpaired) electrons. The number of H-pyrrole nitrogens is 1. The predicted octanol–water partition coefficient (Wildman–Crippen LogP) is -3.02. The normalized spacial score (nSPS) is 25.6. The molecule has 24 heteroatoms. The van der Waals surface area contributed by atoms with Gasteiger partial charge in [-0.25, -0.2) is 23.3 Å². The molecule has 1 fully saturated rings. The molecule has 21 nitrogen and oxygen atoms in total. The maximum absolute atomic E-state index is 12.2. The van der Waals surface area contributed by atoms with E-state index in [1.807, 2.05) is 0 Å². The van der Waals surface area contributed by atoms with Crippen molar-refractivity contribution < 1.29 is 80.7 Å². The quantitative estimate of drug-likeness (QED) is 0.0726. The molecular formula is C12H19N2O19P3. The van der Waals surface area contributed by atoms with E-state index in [9.17, 15) is 43.2 Å². The highest BCUT2D eigenvalue weighted by Crippen LogP contribution is 2.66. The fourth-order valence-electron chi connectivity index (χ4n) is 2.58. The molecule has 0 aromatic carbocycles. The summed E-state index contributed by atoms with van der Waals surface area (Å²) in [6, 6.07) is 0. The van der Waals surface area contributed by atoms with Gasteiger partial charge in [0.25, 0.3) is 5.56 Å². The molecule has 3 unspecified atom stereocenters. The third kappa shape index (κ3) is 8.65. The number of nitrogens with zero attached hydrogens (tertiary/aromatic N) is 1. The first-order valence-electron chi connectivity index (χ1n) is 8.96. The van der Waals surface area contributed by atoms with E-state index < -0.39 is 84.2 Å². The Labute approximate surface area is 198 Å². The number of aliphatic hydroxyl groups is 2. The second kappa shape index (κ2) is 11.7. The Hall–Kier alpha value is -1.80. The van der Waals surface area contributed by atoms with E-state index in [2.05, 4.69) is 22.9 Å². The molecule has 0 aliphatic carbocycles. The number of hydrogen-bond acceptors (Lipinski definition) is 15. The lowest BCUT2D eigenvalue weighted by Crippen LogP contribution is -2.38. The van der Waals surface area contributed by atoms with Gasteiger partial charge in [0.2, 0.25) is 5.75 Å². The predicted molar refractivity (Wildman–Crippen MR) is 106 cm³/mol. The number of aliphatic hydroxyl groups excluding tert-OH is 2. The van der Waals surface area contributed by atoms with Crippen molar-refractivity contribution in [1.29, 1.82) is 0 Å². The van der Waals surface area contributed by atoms with Crippen molar-refractivity contribution in [3.63, 3.8) is 0 Å². The number of carbonyl (C=O) groups excluding carboxylic acids is 1.